The van der Waals surface area contributed by atoms with Gasteiger partial charge in [-0.25, -0.2) is 12.8 Å². The topological polar surface area (TPSA) is 40.6 Å². The standard InChI is InChI=1S/C19H23FN2O2S/c1-14-5-4-6-18(16(14)3)21-9-11-22(12-10-21)25(23,24)19-8-7-17(20)13-15(19)2/h4-8,13H,9-12H2,1-3H3. The van der Waals surface area contributed by atoms with E-state index in [2.05, 4.69) is 30.9 Å². The Balaban J connectivity index is 1.78. The van der Waals surface area contributed by atoms with Gasteiger partial charge in [-0.1, -0.05) is 12.1 Å². The molecule has 0 radical (unpaired) electrons. The maximum absolute atomic E-state index is 13.3. The van der Waals surface area contributed by atoms with E-state index in [0.29, 0.717) is 31.7 Å². The highest BCUT2D eigenvalue weighted by Gasteiger charge is 2.30. The van der Waals surface area contributed by atoms with Crippen LogP contribution in [-0.2, 0) is 10.0 Å². The minimum atomic E-state index is -3.59. The number of benzene rings is 2. The van der Waals surface area contributed by atoms with Crippen molar-refractivity contribution in [2.75, 3.05) is 31.1 Å². The molecule has 1 aliphatic heterocycles. The molecule has 0 unspecified atom stereocenters. The summed E-state index contributed by atoms with van der Waals surface area (Å²) in [5.41, 5.74) is 4.06. The predicted molar refractivity (Wildman–Crippen MR) is 98.0 cm³/mol. The lowest BCUT2D eigenvalue weighted by molar-refractivity contribution is 0.384. The van der Waals surface area contributed by atoms with E-state index < -0.39 is 15.8 Å². The maximum atomic E-state index is 13.3. The summed E-state index contributed by atoms with van der Waals surface area (Å²) in [6.07, 6.45) is 0. The van der Waals surface area contributed by atoms with Gasteiger partial charge in [0.05, 0.1) is 4.90 Å². The monoisotopic (exact) mass is 362 g/mol. The second-order valence-corrected chi connectivity index (χ2v) is 8.43. The molecule has 0 atom stereocenters. The lowest BCUT2D eigenvalue weighted by Crippen LogP contribution is -2.49. The zero-order chi connectivity index (χ0) is 18.2. The molecule has 3 rings (SSSR count). The average Bonchev–Trinajstić information content (AvgIpc) is 2.57. The number of aryl methyl sites for hydroxylation is 2. The fraction of sp³-hybridized carbons (Fsp3) is 0.368. The molecule has 0 bridgehead atoms. The molecule has 2 aromatic carbocycles. The first kappa shape index (κ1) is 17.9. The van der Waals surface area contributed by atoms with Crippen LogP contribution in [0.4, 0.5) is 10.1 Å². The van der Waals surface area contributed by atoms with Gasteiger partial charge in [-0.15, -0.1) is 0 Å². The number of sulfonamides is 1. The Hall–Kier alpha value is -1.92. The minimum absolute atomic E-state index is 0.189. The molecule has 1 saturated heterocycles. The largest absolute Gasteiger partial charge is 0.369 e. The normalized spacial score (nSPS) is 16.2. The summed E-state index contributed by atoms with van der Waals surface area (Å²) >= 11 is 0. The number of rotatable bonds is 3. The molecule has 1 fully saturated rings. The van der Waals surface area contributed by atoms with Gasteiger partial charge in [0.15, 0.2) is 0 Å². The van der Waals surface area contributed by atoms with Crippen molar-refractivity contribution in [3.63, 3.8) is 0 Å². The lowest BCUT2D eigenvalue weighted by Gasteiger charge is -2.36. The Morgan fingerprint density at radius 1 is 0.920 bits per heavy atom. The Labute approximate surface area is 148 Å². The van der Waals surface area contributed by atoms with Crippen molar-refractivity contribution in [1.82, 2.24) is 4.31 Å². The first-order valence-corrected chi connectivity index (χ1v) is 9.82. The third-order valence-electron chi connectivity index (χ3n) is 4.91. The van der Waals surface area contributed by atoms with E-state index in [1.807, 2.05) is 6.07 Å². The second kappa shape index (κ2) is 6.77. The van der Waals surface area contributed by atoms with E-state index in [1.165, 1.54) is 33.6 Å². The zero-order valence-electron chi connectivity index (χ0n) is 14.8. The van der Waals surface area contributed by atoms with Crippen LogP contribution in [0.5, 0.6) is 0 Å². The van der Waals surface area contributed by atoms with Gasteiger partial charge in [0.1, 0.15) is 5.82 Å². The van der Waals surface area contributed by atoms with E-state index in [-0.39, 0.29) is 4.90 Å². The van der Waals surface area contributed by atoms with Gasteiger partial charge in [0, 0.05) is 31.9 Å². The molecule has 134 valence electrons. The highest BCUT2D eigenvalue weighted by molar-refractivity contribution is 7.89. The summed E-state index contributed by atoms with van der Waals surface area (Å²) in [5.74, 6) is -0.420. The summed E-state index contributed by atoms with van der Waals surface area (Å²) < 4.78 is 40.5. The van der Waals surface area contributed by atoms with Crippen LogP contribution in [0.15, 0.2) is 41.3 Å². The van der Waals surface area contributed by atoms with E-state index in [9.17, 15) is 12.8 Å². The van der Waals surface area contributed by atoms with E-state index in [0.717, 1.165) is 5.69 Å². The lowest BCUT2D eigenvalue weighted by atomic mass is 10.1. The Morgan fingerprint density at radius 3 is 2.24 bits per heavy atom. The van der Waals surface area contributed by atoms with E-state index >= 15 is 0 Å². The molecule has 0 amide bonds. The molecule has 1 aliphatic rings. The van der Waals surface area contributed by atoms with Crippen molar-refractivity contribution in [3.8, 4) is 0 Å². The van der Waals surface area contributed by atoms with Gasteiger partial charge in [-0.05, 0) is 61.7 Å². The fourth-order valence-electron chi connectivity index (χ4n) is 3.29. The fourth-order valence-corrected chi connectivity index (χ4v) is 4.92. The number of halogens is 1. The smallest absolute Gasteiger partial charge is 0.243 e. The molecule has 25 heavy (non-hydrogen) atoms. The van der Waals surface area contributed by atoms with Crippen molar-refractivity contribution < 1.29 is 12.8 Å². The van der Waals surface area contributed by atoms with Gasteiger partial charge in [-0.2, -0.15) is 4.31 Å². The third kappa shape index (κ3) is 3.41. The van der Waals surface area contributed by atoms with E-state index in [4.69, 9.17) is 0 Å². The van der Waals surface area contributed by atoms with Crippen molar-refractivity contribution in [1.29, 1.82) is 0 Å². The average molecular weight is 362 g/mol. The summed E-state index contributed by atoms with van der Waals surface area (Å²) in [6.45, 7) is 7.93. The summed E-state index contributed by atoms with van der Waals surface area (Å²) in [6, 6.07) is 10.0. The number of hydrogen-bond acceptors (Lipinski definition) is 3. The van der Waals surface area contributed by atoms with Crippen LogP contribution in [0.25, 0.3) is 0 Å². The predicted octanol–water partition coefficient (Wildman–Crippen LogP) is 3.26. The number of anilines is 1. The highest BCUT2D eigenvalue weighted by Crippen LogP contribution is 2.26. The van der Waals surface area contributed by atoms with Crippen LogP contribution in [0.2, 0.25) is 0 Å². The molecular formula is C19H23FN2O2S. The number of hydrogen-bond donors (Lipinski definition) is 0. The van der Waals surface area contributed by atoms with Gasteiger partial charge < -0.3 is 4.90 Å². The molecule has 2 aromatic rings. The Morgan fingerprint density at radius 2 is 1.60 bits per heavy atom. The summed E-state index contributed by atoms with van der Waals surface area (Å²) in [7, 11) is -3.59. The number of nitrogens with zero attached hydrogens (tertiary/aromatic N) is 2. The van der Waals surface area contributed by atoms with Crippen LogP contribution >= 0.6 is 0 Å². The summed E-state index contributed by atoms with van der Waals surface area (Å²) in [5, 5.41) is 0. The molecule has 0 saturated carbocycles. The maximum Gasteiger partial charge on any atom is 0.243 e. The molecular weight excluding hydrogens is 339 g/mol. The van der Waals surface area contributed by atoms with Crippen LogP contribution in [0, 0.1) is 26.6 Å². The zero-order valence-corrected chi connectivity index (χ0v) is 15.6. The molecule has 1 heterocycles. The van der Waals surface area contributed by atoms with Crippen molar-refractivity contribution in [2.24, 2.45) is 0 Å². The molecule has 4 nitrogen and oxygen atoms in total. The SMILES string of the molecule is Cc1cc(F)ccc1S(=O)(=O)N1CCN(c2cccc(C)c2C)CC1. The quantitative estimate of drug-likeness (QED) is 0.841. The Kier molecular flexibility index (Phi) is 4.84. The summed E-state index contributed by atoms with van der Waals surface area (Å²) in [4.78, 5) is 2.42. The molecule has 0 aromatic heterocycles. The molecule has 0 N–H and O–H groups in total. The van der Waals surface area contributed by atoms with Crippen LogP contribution in [0.1, 0.15) is 16.7 Å². The van der Waals surface area contributed by atoms with Crippen LogP contribution in [-0.4, -0.2) is 38.9 Å². The molecule has 0 aliphatic carbocycles. The first-order chi connectivity index (χ1) is 11.8. The first-order valence-electron chi connectivity index (χ1n) is 8.38. The highest BCUT2D eigenvalue weighted by atomic mass is 32.2. The van der Waals surface area contributed by atoms with E-state index in [1.54, 1.807) is 6.92 Å². The third-order valence-corrected chi connectivity index (χ3v) is 6.97. The van der Waals surface area contributed by atoms with Crippen molar-refractivity contribution >= 4 is 15.7 Å². The second-order valence-electron chi connectivity index (χ2n) is 6.52. The van der Waals surface area contributed by atoms with Crippen LogP contribution in [0.3, 0.4) is 0 Å². The number of piperazine rings is 1. The van der Waals surface area contributed by atoms with Gasteiger partial charge in [0.2, 0.25) is 10.0 Å². The van der Waals surface area contributed by atoms with Crippen LogP contribution < -0.4 is 4.90 Å². The van der Waals surface area contributed by atoms with Crippen molar-refractivity contribution in [3.05, 3.63) is 58.9 Å². The minimum Gasteiger partial charge on any atom is -0.369 e. The van der Waals surface area contributed by atoms with Gasteiger partial charge in [-0.3, -0.25) is 0 Å². The molecule has 6 heteroatoms. The molecule has 0 spiro atoms. The Bertz CT molecular complexity index is 888. The van der Waals surface area contributed by atoms with Crippen molar-refractivity contribution in [2.45, 2.75) is 25.7 Å². The van der Waals surface area contributed by atoms with Gasteiger partial charge >= 0.3 is 0 Å². The van der Waals surface area contributed by atoms with Gasteiger partial charge in [0.25, 0.3) is 0 Å².